The molecule has 72 valence electrons. The van der Waals surface area contributed by atoms with Crippen LogP contribution in [0.25, 0.3) is 5.57 Å². The zero-order valence-electron chi connectivity index (χ0n) is 7.47. The molecule has 1 aromatic carbocycles. The number of hydrogen-bond acceptors (Lipinski definition) is 3. The van der Waals surface area contributed by atoms with Gasteiger partial charge < -0.3 is 15.5 Å². The lowest BCUT2D eigenvalue weighted by molar-refractivity contribution is -0.710. The third-order valence-corrected chi connectivity index (χ3v) is 2.24. The van der Waals surface area contributed by atoms with Gasteiger partial charge in [-0.3, -0.25) is 0 Å². The predicted octanol–water partition coefficient (Wildman–Crippen LogP) is 0.905. The van der Waals surface area contributed by atoms with Gasteiger partial charge in [0, 0.05) is 29.8 Å². The first kappa shape index (κ1) is 8.93. The third-order valence-electron chi connectivity index (χ3n) is 2.24. The van der Waals surface area contributed by atoms with E-state index in [1.54, 1.807) is 12.3 Å². The number of hydroxylamine groups is 1. The molecule has 0 saturated heterocycles. The van der Waals surface area contributed by atoms with Gasteiger partial charge in [0.15, 0.2) is 0 Å². The number of para-hydroxylation sites is 1. The van der Waals surface area contributed by atoms with Gasteiger partial charge in [-0.1, -0.05) is 12.1 Å². The molecule has 0 fully saturated rings. The second kappa shape index (κ2) is 3.61. The monoisotopic (exact) mass is 190 g/mol. The average molecular weight is 190 g/mol. The van der Waals surface area contributed by atoms with Crippen molar-refractivity contribution in [3.05, 3.63) is 41.2 Å². The van der Waals surface area contributed by atoms with E-state index in [0.717, 1.165) is 16.8 Å². The summed E-state index contributed by atoms with van der Waals surface area (Å²) in [5.41, 5.74) is 2.58. The molecule has 1 unspecified atom stereocenters. The summed E-state index contributed by atoms with van der Waals surface area (Å²) in [6.45, 7) is 0. The van der Waals surface area contributed by atoms with Crippen molar-refractivity contribution in [2.24, 2.45) is 5.16 Å². The van der Waals surface area contributed by atoms with Crippen molar-refractivity contribution >= 4 is 17.5 Å². The van der Waals surface area contributed by atoms with Crippen LogP contribution in [0.4, 0.5) is 5.69 Å². The number of quaternary nitrogens is 1. The predicted molar refractivity (Wildman–Crippen MR) is 53.3 cm³/mol. The highest BCUT2D eigenvalue weighted by Crippen LogP contribution is 2.26. The van der Waals surface area contributed by atoms with E-state index in [9.17, 15) is 5.21 Å². The van der Waals surface area contributed by atoms with Crippen LogP contribution in [0.1, 0.15) is 12.0 Å². The Bertz CT molecular complexity index is 399. The van der Waals surface area contributed by atoms with Crippen molar-refractivity contribution in [2.75, 3.05) is 0 Å². The normalized spacial score (nSPS) is 19.8. The fourth-order valence-corrected chi connectivity index (χ4v) is 1.60. The van der Waals surface area contributed by atoms with Gasteiger partial charge in [0.25, 0.3) is 0 Å². The summed E-state index contributed by atoms with van der Waals surface area (Å²) in [4.78, 5) is 0. The summed E-state index contributed by atoms with van der Waals surface area (Å²) in [6, 6.07) is 7.43. The highest BCUT2D eigenvalue weighted by Gasteiger charge is 2.19. The summed E-state index contributed by atoms with van der Waals surface area (Å²) in [5, 5.41) is 22.7. The van der Waals surface area contributed by atoms with Crippen LogP contribution in [0.3, 0.4) is 0 Å². The number of allylic oxidation sites excluding steroid dienone is 1. The maximum absolute atomic E-state index is 11.5. The summed E-state index contributed by atoms with van der Waals surface area (Å²) < 4.78 is 0. The number of hydrogen-bond donors (Lipinski definition) is 2. The van der Waals surface area contributed by atoms with Gasteiger partial charge >= 0.3 is 0 Å². The number of nitrogens with one attached hydrogen (secondary N) is 1. The summed E-state index contributed by atoms with van der Waals surface area (Å²) >= 11 is 0. The third kappa shape index (κ3) is 1.41. The van der Waals surface area contributed by atoms with E-state index in [2.05, 4.69) is 5.16 Å². The van der Waals surface area contributed by atoms with Gasteiger partial charge in [-0.25, -0.2) is 0 Å². The van der Waals surface area contributed by atoms with Crippen molar-refractivity contribution in [1.29, 1.82) is 0 Å². The summed E-state index contributed by atoms with van der Waals surface area (Å²) in [7, 11) is 0. The first-order chi connectivity index (χ1) is 6.83. The molecule has 0 spiro atoms. The molecule has 2 rings (SSSR count). The van der Waals surface area contributed by atoms with Crippen LogP contribution in [0.15, 0.2) is 35.6 Å². The van der Waals surface area contributed by atoms with E-state index in [1.165, 1.54) is 6.21 Å². The van der Waals surface area contributed by atoms with Gasteiger partial charge in [0.2, 0.25) is 0 Å². The Kier molecular flexibility index (Phi) is 2.30. The molecule has 0 radical (unpaired) electrons. The number of oxime groups is 1. The van der Waals surface area contributed by atoms with Gasteiger partial charge in [0.05, 0.1) is 0 Å². The first-order valence-electron chi connectivity index (χ1n) is 4.33. The van der Waals surface area contributed by atoms with Gasteiger partial charge in [-0.15, -0.1) is 5.16 Å². The molecule has 0 aliphatic carbocycles. The maximum Gasteiger partial charge on any atom is 0.143 e. The van der Waals surface area contributed by atoms with E-state index in [-0.39, 0.29) is 5.06 Å². The molecule has 2 N–H and O–H groups in total. The van der Waals surface area contributed by atoms with E-state index in [0.29, 0.717) is 6.42 Å². The van der Waals surface area contributed by atoms with Gasteiger partial charge in [0.1, 0.15) is 11.9 Å². The van der Waals surface area contributed by atoms with Crippen LogP contribution in [-0.4, -0.2) is 11.4 Å². The Morgan fingerprint density at radius 1 is 1.43 bits per heavy atom. The van der Waals surface area contributed by atoms with Crippen molar-refractivity contribution in [3.8, 4) is 0 Å². The molecule has 1 aliphatic rings. The molecule has 4 nitrogen and oxygen atoms in total. The number of benzene rings is 1. The van der Waals surface area contributed by atoms with Crippen LogP contribution in [0, 0.1) is 5.21 Å². The van der Waals surface area contributed by atoms with Crippen molar-refractivity contribution in [1.82, 2.24) is 0 Å². The Hall–Kier alpha value is -1.65. The molecular weight excluding hydrogens is 180 g/mol. The zero-order valence-corrected chi connectivity index (χ0v) is 7.47. The second-order valence-electron chi connectivity index (χ2n) is 3.08. The lowest BCUT2D eigenvalue weighted by atomic mass is 10.1. The van der Waals surface area contributed by atoms with E-state index < -0.39 is 0 Å². The van der Waals surface area contributed by atoms with Gasteiger partial charge in [-0.2, -0.15) is 0 Å². The smallest absolute Gasteiger partial charge is 0.143 e. The van der Waals surface area contributed by atoms with Crippen LogP contribution in [0.2, 0.25) is 0 Å². The molecule has 0 bridgehead atoms. The lowest BCUT2D eigenvalue weighted by Crippen LogP contribution is -2.95. The van der Waals surface area contributed by atoms with Crippen LogP contribution >= 0.6 is 0 Å². The Morgan fingerprint density at radius 3 is 3.00 bits per heavy atom. The van der Waals surface area contributed by atoms with Crippen LogP contribution in [-0.2, 0) is 0 Å². The Balaban J connectivity index is 2.33. The second-order valence-corrected chi connectivity index (χ2v) is 3.08. The highest BCUT2D eigenvalue weighted by atomic mass is 16.5. The Morgan fingerprint density at radius 2 is 2.21 bits per heavy atom. The highest BCUT2D eigenvalue weighted by molar-refractivity contribution is 5.84. The van der Waals surface area contributed by atoms with Crippen LogP contribution < -0.4 is 5.06 Å². The minimum Gasteiger partial charge on any atom is -0.624 e. The molecule has 1 aromatic rings. The molecule has 1 aliphatic heterocycles. The van der Waals surface area contributed by atoms with E-state index in [1.807, 2.05) is 18.2 Å². The van der Waals surface area contributed by atoms with Crippen molar-refractivity contribution in [3.63, 3.8) is 0 Å². The topological polar surface area (TPSA) is 60.1 Å². The molecule has 1 heterocycles. The van der Waals surface area contributed by atoms with E-state index >= 15 is 0 Å². The molecule has 14 heavy (non-hydrogen) atoms. The zero-order chi connectivity index (χ0) is 9.97. The summed E-state index contributed by atoms with van der Waals surface area (Å²) in [5.74, 6) is 0. The molecule has 0 saturated carbocycles. The standard InChI is InChI=1S/C10H10N2O2/c13-11-6-5-8-7-12(14)10-4-2-1-3-9(8)10/h1-4,6-7,12-13H,5H2/b11-6+. The molecule has 1 atom stereocenters. The molecule has 0 aromatic heterocycles. The minimum absolute atomic E-state index is 0.0296. The molecular formula is C10H10N2O2. The van der Waals surface area contributed by atoms with Crippen molar-refractivity contribution < 1.29 is 10.3 Å². The number of rotatable bonds is 2. The van der Waals surface area contributed by atoms with Crippen molar-refractivity contribution in [2.45, 2.75) is 6.42 Å². The number of nitrogens with zero attached hydrogens (tertiary/aromatic N) is 1. The molecule has 4 heteroatoms. The first-order valence-corrected chi connectivity index (χ1v) is 4.33. The quantitative estimate of drug-likeness (QED) is 0.315. The van der Waals surface area contributed by atoms with Crippen LogP contribution in [0.5, 0.6) is 0 Å². The van der Waals surface area contributed by atoms with E-state index in [4.69, 9.17) is 5.21 Å². The minimum atomic E-state index is 0.0296. The summed E-state index contributed by atoms with van der Waals surface area (Å²) in [6.07, 6.45) is 3.45. The SMILES string of the molecule is [O-][NH+]1C=C(C/C=N/O)c2ccccc21. The fourth-order valence-electron chi connectivity index (χ4n) is 1.60. The Labute approximate surface area is 81.3 Å². The fraction of sp³-hybridized carbons (Fsp3) is 0.100. The van der Waals surface area contributed by atoms with Gasteiger partial charge in [-0.05, 0) is 6.07 Å². The average Bonchev–Trinajstić information content (AvgIpc) is 2.54. The molecule has 0 amide bonds. The number of fused-ring (bicyclic) bond motifs is 1. The largest absolute Gasteiger partial charge is 0.624 e. The maximum atomic E-state index is 11.5. The lowest BCUT2D eigenvalue weighted by Gasteiger charge is -2.12.